The van der Waals surface area contributed by atoms with E-state index >= 15 is 0 Å². The molecule has 156 valence electrons. The molecule has 0 aliphatic heterocycles. The molecule has 9 heteroatoms. The fourth-order valence-corrected chi connectivity index (χ4v) is 2.82. The van der Waals surface area contributed by atoms with Crippen LogP contribution in [0.5, 0.6) is 5.75 Å². The maximum atomic E-state index is 12.6. The van der Waals surface area contributed by atoms with Crippen molar-refractivity contribution in [1.29, 1.82) is 0 Å². The first-order valence-corrected chi connectivity index (χ1v) is 8.98. The smallest absolute Gasteiger partial charge is 0.433 e. The molecule has 0 saturated carbocycles. The third kappa shape index (κ3) is 4.73. The summed E-state index contributed by atoms with van der Waals surface area (Å²) in [6.45, 7) is 1.52. The second kappa shape index (κ2) is 8.48. The number of hydrogen-bond acceptors (Lipinski definition) is 5. The zero-order valence-electron chi connectivity index (χ0n) is 16.2. The van der Waals surface area contributed by atoms with E-state index in [9.17, 15) is 22.8 Å². The van der Waals surface area contributed by atoms with E-state index in [4.69, 9.17) is 4.74 Å². The van der Waals surface area contributed by atoms with Crippen LogP contribution >= 0.6 is 0 Å². The molecule has 0 aliphatic carbocycles. The van der Waals surface area contributed by atoms with Gasteiger partial charge < -0.3 is 4.74 Å². The number of ketones is 1. The van der Waals surface area contributed by atoms with Gasteiger partial charge in [0.05, 0.1) is 12.8 Å². The van der Waals surface area contributed by atoms with Crippen LogP contribution in [-0.2, 0) is 17.4 Å². The summed E-state index contributed by atoms with van der Waals surface area (Å²) in [4.78, 5) is 28.2. The minimum Gasteiger partial charge on any atom is -0.497 e. The van der Waals surface area contributed by atoms with Crippen molar-refractivity contribution >= 4 is 5.78 Å². The minimum absolute atomic E-state index is 0.177. The van der Waals surface area contributed by atoms with Crippen LogP contribution in [0.25, 0.3) is 11.3 Å². The first kappa shape index (κ1) is 21.2. The van der Waals surface area contributed by atoms with E-state index in [-0.39, 0.29) is 12.2 Å². The Balaban J connectivity index is 1.82. The summed E-state index contributed by atoms with van der Waals surface area (Å²) >= 11 is 0. The first-order chi connectivity index (χ1) is 14.2. The highest BCUT2D eigenvalue weighted by Crippen LogP contribution is 2.27. The average Bonchev–Trinajstić information content (AvgIpc) is 2.73. The molecular formula is C21H18F3N3O3. The number of hydrogen-bond donors (Lipinski definition) is 0. The van der Waals surface area contributed by atoms with Gasteiger partial charge in [0, 0.05) is 24.2 Å². The Morgan fingerprint density at radius 2 is 1.93 bits per heavy atom. The lowest BCUT2D eigenvalue weighted by Gasteiger charge is -2.14. The quantitative estimate of drug-likeness (QED) is 0.611. The molecule has 30 heavy (non-hydrogen) atoms. The molecule has 0 spiro atoms. The molecule has 0 aliphatic rings. The molecule has 1 atom stereocenters. The number of ether oxygens (including phenoxy) is 1. The normalized spacial score (nSPS) is 12.4. The van der Waals surface area contributed by atoms with Crippen LogP contribution in [0.2, 0.25) is 0 Å². The topological polar surface area (TPSA) is 74.1 Å². The van der Waals surface area contributed by atoms with Gasteiger partial charge in [0.2, 0.25) is 0 Å². The van der Waals surface area contributed by atoms with E-state index in [0.717, 1.165) is 16.9 Å². The Hall–Kier alpha value is -3.49. The number of benzene rings is 1. The maximum absolute atomic E-state index is 12.6. The number of carbonyl (C=O) groups excluding carboxylic acids is 1. The van der Waals surface area contributed by atoms with Crippen molar-refractivity contribution in [3.05, 3.63) is 76.3 Å². The maximum Gasteiger partial charge on any atom is 0.433 e. The van der Waals surface area contributed by atoms with Gasteiger partial charge in [-0.3, -0.25) is 14.6 Å². The highest BCUT2D eigenvalue weighted by atomic mass is 19.4. The van der Waals surface area contributed by atoms with Crippen LogP contribution in [0, 0.1) is 0 Å². The Morgan fingerprint density at radius 1 is 1.17 bits per heavy atom. The molecule has 0 N–H and O–H groups in total. The van der Waals surface area contributed by atoms with Crippen LogP contribution in [0.3, 0.4) is 0 Å². The van der Waals surface area contributed by atoms with Crippen LogP contribution in [0.1, 0.15) is 24.2 Å². The number of methoxy groups -OCH3 is 1. The summed E-state index contributed by atoms with van der Waals surface area (Å²) in [7, 11) is 1.53. The number of carbonyl (C=O) groups is 1. The SMILES string of the molecule is COc1cccc(-c2ccc(=O)n(C(C)C(=O)Cc3ccc(C(F)(F)F)nc3)n2)c1. The van der Waals surface area contributed by atoms with Gasteiger partial charge in [0.1, 0.15) is 17.5 Å². The van der Waals surface area contributed by atoms with E-state index in [2.05, 4.69) is 10.1 Å². The minimum atomic E-state index is -4.55. The van der Waals surface area contributed by atoms with Crippen molar-refractivity contribution in [1.82, 2.24) is 14.8 Å². The zero-order valence-corrected chi connectivity index (χ0v) is 16.2. The van der Waals surface area contributed by atoms with Crippen LogP contribution in [-0.4, -0.2) is 27.7 Å². The molecule has 1 aromatic carbocycles. The van der Waals surface area contributed by atoms with Gasteiger partial charge >= 0.3 is 6.18 Å². The summed E-state index contributed by atoms with van der Waals surface area (Å²) in [5.74, 6) is 0.236. The summed E-state index contributed by atoms with van der Waals surface area (Å²) in [5, 5.41) is 4.29. The van der Waals surface area contributed by atoms with Crippen LogP contribution in [0.4, 0.5) is 13.2 Å². The lowest BCUT2D eigenvalue weighted by atomic mass is 10.1. The lowest BCUT2D eigenvalue weighted by Crippen LogP contribution is -2.31. The van der Waals surface area contributed by atoms with E-state index < -0.39 is 23.5 Å². The molecule has 2 heterocycles. The number of alkyl halides is 3. The predicted octanol–water partition coefficient (Wildman–Crippen LogP) is 3.71. The van der Waals surface area contributed by atoms with Crippen molar-refractivity contribution in [2.24, 2.45) is 0 Å². The number of aromatic nitrogens is 3. The van der Waals surface area contributed by atoms with Crippen molar-refractivity contribution in [3.8, 4) is 17.0 Å². The van der Waals surface area contributed by atoms with Crippen molar-refractivity contribution < 1.29 is 22.7 Å². The molecule has 6 nitrogen and oxygen atoms in total. The van der Waals surface area contributed by atoms with Gasteiger partial charge in [0.25, 0.3) is 5.56 Å². The Kier molecular flexibility index (Phi) is 6.00. The Bertz CT molecular complexity index is 1110. The third-order valence-corrected chi connectivity index (χ3v) is 4.52. The third-order valence-electron chi connectivity index (χ3n) is 4.52. The van der Waals surface area contributed by atoms with Crippen LogP contribution in [0.15, 0.2) is 59.5 Å². The molecule has 1 unspecified atom stereocenters. The van der Waals surface area contributed by atoms with Gasteiger partial charge in [-0.1, -0.05) is 18.2 Å². The highest BCUT2D eigenvalue weighted by Gasteiger charge is 2.32. The van der Waals surface area contributed by atoms with Crippen molar-refractivity contribution in [2.45, 2.75) is 25.6 Å². The zero-order chi connectivity index (χ0) is 21.9. The molecule has 2 aromatic heterocycles. The molecular weight excluding hydrogens is 399 g/mol. The van der Waals surface area contributed by atoms with E-state index in [1.54, 1.807) is 30.3 Å². The van der Waals surface area contributed by atoms with E-state index in [0.29, 0.717) is 22.6 Å². The molecule has 0 fully saturated rings. The fourth-order valence-electron chi connectivity index (χ4n) is 2.82. The predicted molar refractivity (Wildman–Crippen MR) is 103 cm³/mol. The molecule has 0 amide bonds. The summed E-state index contributed by atoms with van der Waals surface area (Å²) in [6, 6.07) is 11.0. The Morgan fingerprint density at radius 3 is 2.57 bits per heavy atom. The number of nitrogens with zero attached hydrogens (tertiary/aromatic N) is 3. The van der Waals surface area contributed by atoms with E-state index in [1.807, 2.05) is 0 Å². The van der Waals surface area contributed by atoms with Crippen molar-refractivity contribution in [3.63, 3.8) is 0 Å². The van der Waals surface area contributed by atoms with Gasteiger partial charge in [0.15, 0.2) is 5.78 Å². The number of rotatable bonds is 6. The fraction of sp³-hybridized carbons (Fsp3) is 0.238. The number of halogens is 3. The highest BCUT2D eigenvalue weighted by molar-refractivity contribution is 5.84. The largest absolute Gasteiger partial charge is 0.497 e. The summed E-state index contributed by atoms with van der Waals surface area (Å²) < 4.78 is 44.1. The van der Waals surface area contributed by atoms with Crippen LogP contribution < -0.4 is 10.3 Å². The number of Topliss-reactive ketones (excluding diaryl/α,β-unsaturated/α-hetero) is 1. The van der Waals surface area contributed by atoms with Gasteiger partial charge in [-0.05, 0) is 36.8 Å². The van der Waals surface area contributed by atoms with Crippen molar-refractivity contribution in [2.75, 3.05) is 7.11 Å². The van der Waals surface area contributed by atoms with Gasteiger partial charge in [-0.15, -0.1) is 0 Å². The molecule has 0 bridgehead atoms. The molecule has 3 aromatic rings. The van der Waals surface area contributed by atoms with Gasteiger partial charge in [-0.25, -0.2) is 4.68 Å². The molecule has 0 saturated heterocycles. The van der Waals surface area contributed by atoms with E-state index in [1.165, 1.54) is 26.2 Å². The monoisotopic (exact) mass is 417 g/mol. The second-order valence-corrected chi connectivity index (χ2v) is 6.60. The van der Waals surface area contributed by atoms with Gasteiger partial charge in [-0.2, -0.15) is 18.3 Å². The Labute approximate surface area is 170 Å². The summed E-state index contributed by atoms with van der Waals surface area (Å²) in [5.41, 5.74) is -0.000418. The lowest BCUT2D eigenvalue weighted by molar-refractivity contribution is -0.141. The number of pyridine rings is 1. The first-order valence-electron chi connectivity index (χ1n) is 8.98. The average molecular weight is 417 g/mol. The summed E-state index contributed by atoms with van der Waals surface area (Å²) in [6.07, 6.45) is -3.71. The second-order valence-electron chi connectivity index (χ2n) is 6.60. The molecule has 3 rings (SSSR count). The molecule has 0 radical (unpaired) electrons. The standard InChI is InChI=1S/C21H18F3N3O3/c1-13(18(28)10-14-6-8-19(25-12-14)21(22,23)24)27-20(29)9-7-17(26-27)15-4-3-5-16(11-15)30-2/h3-9,11-13H,10H2,1-2H3.